The van der Waals surface area contributed by atoms with Crippen LogP contribution in [0.3, 0.4) is 0 Å². The van der Waals surface area contributed by atoms with Crippen LogP contribution in [0, 0.1) is 19.1 Å². The normalized spacial score (nSPS) is 12.8. The topological polar surface area (TPSA) is 38.7 Å². The molecule has 0 spiro atoms. The van der Waals surface area contributed by atoms with Gasteiger partial charge in [-0.2, -0.15) is 11.3 Å². The van der Waals surface area contributed by atoms with Gasteiger partial charge in [-0.15, -0.1) is 59.7 Å². The quantitative estimate of drug-likeness (QED) is 0.135. The van der Waals surface area contributed by atoms with Crippen molar-refractivity contribution in [3.05, 3.63) is 108 Å². The van der Waals surface area contributed by atoms with Crippen LogP contribution < -0.4 is 5.19 Å². The monoisotopic (exact) mass is 748 g/mol. The Kier molecular flexibility index (Phi) is 8.96. The van der Waals surface area contributed by atoms with Gasteiger partial charge >= 0.3 is 0 Å². The van der Waals surface area contributed by atoms with Gasteiger partial charge in [0.1, 0.15) is 4.83 Å². The average Bonchev–Trinajstić information content (AvgIpc) is 3.34. The van der Waals surface area contributed by atoms with E-state index in [1.54, 1.807) is 28.3 Å². The molecule has 2 aromatic carbocycles. The number of thiophene rings is 1. The van der Waals surface area contributed by atoms with Crippen LogP contribution in [0.4, 0.5) is 0 Å². The summed E-state index contributed by atoms with van der Waals surface area (Å²) < 4.78 is 1.25. The fourth-order valence-corrected chi connectivity index (χ4v) is 8.25. The fraction of sp³-hybridized carbons (Fsp3) is 0.229. The number of nitrogens with zero attached hydrogens (tertiary/aromatic N) is 3. The summed E-state index contributed by atoms with van der Waals surface area (Å²) in [7, 11) is -1.39. The van der Waals surface area contributed by atoms with E-state index < -0.39 is 8.07 Å². The van der Waals surface area contributed by atoms with Crippen LogP contribution in [0.25, 0.3) is 42.8 Å². The maximum absolute atomic E-state index is 5.01. The molecule has 7 rings (SSSR count). The predicted molar refractivity (Wildman–Crippen MR) is 172 cm³/mol. The van der Waals surface area contributed by atoms with E-state index in [4.69, 9.17) is 9.97 Å². The molecule has 0 N–H and O–H groups in total. The third-order valence-corrected chi connectivity index (χ3v) is 10.6. The van der Waals surface area contributed by atoms with Crippen molar-refractivity contribution in [2.75, 3.05) is 0 Å². The van der Waals surface area contributed by atoms with Crippen molar-refractivity contribution in [3.8, 4) is 22.5 Å². The fourth-order valence-electron chi connectivity index (χ4n) is 5.53. The number of aromatic nitrogens is 3. The second kappa shape index (κ2) is 12.5. The van der Waals surface area contributed by atoms with Crippen molar-refractivity contribution in [2.45, 2.75) is 52.2 Å². The van der Waals surface area contributed by atoms with E-state index in [1.165, 1.54) is 40.3 Å². The molecular weight excluding hydrogens is 715 g/mol. The van der Waals surface area contributed by atoms with Crippen LogP contribution in [-0.2, 0) is 32.9 Å². The summed E-state index contributed by atoms with van der Waals surface area (Å²) in [6, 6.07) is 29.1. The minimum atomic E-state index is -1.39. The Morgan fingerprint density at radius 2 is 1.63 bits per heavy atom. The summed E-state index contributed by atoms with van der Waals surface area (Å²) in [6.07, 6.45) is 8.89. The number of fused-ring (bicyclic) bond motifs is 4. The van der Waals surface area contributed by atoms with Crippen LogP contribution in [0.1, 0.15) is 29.7 Å². The molecule has 1 aliphatic rings. The molecule has 0 amide bonds. The Hall–Kier alpha value is -3.02. The zero-order valence-corrected chi connectivity index (χ0v) is 28.1. The Bertz CT molecular complexity index is 1760. The molecule has 41 heavy (non-hydrogen) atoms. The molecule has 1 radical (unpaired) electrons. The van der Waals surface area contributed by atoms with E-state index in [0.717, 1.165) is 39.5 Å². The number of benzene rings is 2. The molecule has 1 aliphatic carbocycles. The van der Waals surface area contributed by atoms with Crippen molar-refractivity contribution in [1.82, 2.24) is 15.0 Å². The van der Waals surface area contributed by atoms with E-state index in [0.29, 0.717) is 0 Å². The third-order valence-electron chi connectivity index (χ3n) is 7.52. The maximum atomic E-state index is 5.01. The van der Waals surface area contributed by atoms with Gasteiger partial charge in [-0.25, -0.2) is 4.98 Å². The maximum Gasteiger partial charge on any atom is 0.114 e. The Labute approximate surface area is 261 Å². The molecule has 209 valence electrons. The second-order valence-electron chi connectivity index (χ2n) is 11.5. The summed E-state index contributed by atoms with van der Waals surface area (Å²) in [6.45, 7) is 9.35. The largest absolute Gasteiger partial charge is 0.305 e. The van der Waals surface area contributed by atoms with Crippen molar-refractivity contribution >= 4 is 44.9 Å². The Morgan fingerprint density at radius 3 is 2.37 bits per heavy atom. The SMILES string of the molecule is Cc1ccc2c(n1)sc1c[c-]c(-c3ncc([Si](C)(C)C)c4c3CCCC4)cc12.[Ir].[c-]1ccccc1-c1ccccn1. The Morgan fingerprint density at radius 1 is 0.829 bits per heavy atom. The first-order valence-corrected chi connectivity index (χ1v) is 18.3. The molecule has 4 aromatic heterocycles. The van der Waals surface area contributed by atoms with Crippen molar-refractivity contribution in [2.24, 2.45) is 0 Å². The summed E-state index contributed by atoms with van der Waals surface area (Å²) >= 11 is 1.76. The average molecular weight is 748 g/mol. The van der Waals surface area contributed by atoms with Crippen LogP contribution in [0.2, 0.25) is 19.6 Å². The molecular formula is C35H33IrN3SSi-2. The van der Waals surface area contributed by atoms with E-state index in [2.05, 4.69) is 74.1 Å². The zero-order chi connectivity index (χ0) is 27.7. The minimum absolute atomic E-state index is 0. The summed E-state index contributed by atoms with van der Waals surface area (Å²) in [4.78, 5) is 15.1. The van der Waals surface area contributed by atoms with Crippen molar-refractivity contribution in [3.63, 3.8) is 0 Å². The number of hydrogen-bond donors (Lipinski definition) is 0. The molecule has 0 unspecified atom stereocenters. The van der Waals surface area contributed by atoms with Gasteiger partial charge in [-0.3, -0.25) is 0 Å². The van der Waals surface area contributed by atoms with E-state index in [1.807, 2.05) is 42.5 Å². The van der Waals surface area contributed by atoms with Gasteiger partial charge in [0.2, 0.25) is 0 Å². The van der Waals surface area contributed by atoms with Gasteiger partial charge in [-0.1, -0.05) is 54.4 Å². The first kappa shape index (κ1) is 29.5. The molecule has 0 aliphatic heterocycles. The van der Waals surface area contributed by atoms with Gasteiger partial charge in [0.05, 0.1) is 8.07 Å². The second-order valence-corrected chi connectivity index (χ2v) is 17.5. The molecule has 0 bridgehead atoms. The first-order valence-electron chi connectivity index (χ1n) is 14.0. The molecule has 0 atom stereocenters. The van der Waals surface area contributed by atoms with Crippen LogP contribution in [0.15, 0.2) is 79.1 Å². The number of hydrogen-bond acceptors (Lipinski definition) is 4. The predicted octanol–water partition coefficient (Wildman–Crippen LogP) is 8.59. The van der Waals surface area contributed by atoms with Gasteiger partial charge < -0.3 is 9.97 Å². The zero-order valence-electron chi connectivity index (χ0n) is 23.9. The molecule has 6 aromatic rings. The molecule has 6 heteroatoms. The number of pyridine rings is 3. The van der Waals surface area contributed by atoms with Gasteiger partial charge in [-0.05, 0) is 71.4 Å². The van der Waals surface area contributed by atoms with Gasteiger partial charge in [0.25, 0.3) is 0 Å². The molecule has 0 fully saturated rings. The van der Waals surface area contributed by atoms with Gasteiger partial charge in [0.15, 0.2) is 0 Å². The smallest absolute Gasteiger partial charge is 0.114 e. The summed E-state index contributed by atoms with van der Waals surface area (Å²) in [5, 5.41) is 4.07. The number of aryl methyl sites for hydroxylation is 1. The van der Waals surface area contributed by atoms with E-state index >= 15 is 0 Å². The number of rotatable bonds is 3. The van der Waals surface area contributed by atoms with E-state index in [-0.39, 0.29) is 20.1 Å². The van der Waals surface area contributed by atoms with Gasteiger partial charge in [0, 0.05) is 38.2 Å². The third kappa shape index (κ3) is 6.26. The molecule has 0 saturated heterocycles. The first-order chi connectivity index (χ1) is 19.4. The Balaban J connectivity index is 0.000000218. The summed E-state index contributed by atoms with van der Waals surface area (Å²) in [5.41, 5.74) is 8.44. The van der Waals surface area contributed by atoms with Crippen molar-refractivity contribution < 1.29 is 20.1 Å². The molecule has 0 saturated carbocycles. The van der Waals surface area contributed by atoms with E-state index in [9.17, 15) is 0 Å². The molecule has 4 heterocycles. The van der Waals surface area contributed by atoms with Crippen LogP contribution in [-0.4, -0.2) is 23.0 Å². The van der Waals surface area contributed by atoms with Crippen molar-refractivity contribution in [1.29, 1.82) is 0 Å². The van der Waals surface area contributed by atoms with Crippen LogP contribution in [0.5, 0.6) is 0 Å². The van der Waals surface area contributed by atoms with Crippen LogP contribution >= 0.6 is 11.3 Å². The summed E-state index contributed by atoms with van der Waals surface area (Å²) in [5.74, 6) is 0. The minimum Gasteiger partial charge on any atom is -0.305 e. The molecule has 3 nitrogen and oxygen atoms in total. The standard InChI is InChI=1S/C24H25N2SSi.C11H8N.Ir/c1-15-9-11-19-20-13-16(10-12-21(20)27-24(19)26-15)23-18-8-6-5-7-17(18)22(14-25-23)28(2,3)4;1-2-6-10(7-3-1)11-8-4-5-9-12-11;/h9,11-14H,5-8H2,1-4H3;1-6,8-9H;/q2*-1;.